The molecule has 7 heteroatoms. The molecule has 0 aliphatic rings. The van der Waals surface area contributed by atoms with Crippen LogP contribution in [0.25, 0.3) is 0 Å². The fraction of sp³-hybridized carbons (Fsp3) is 0.143. The Morgan fingerprint density at radius 2 is 2.05 bits per heavy atom. The van der Waals surface area contributed by atoms with Gasteiger partial charge in [0.05, 0.1) is 6.54 Å². The van der Waals surface area contributed by atoms with Gasteiger partial charge in [-0.1, -0.05) is 18.2 Å². The lowest BCUT2D eigenvalue weighted by Gasteiger charge is -2.09. The van der Waals surface area contributed by atoms with Gasteiger partial charge in [0.1, 0.15) is 5.76 Å². The summed E-state index contributed by atoms with van der Waals surface area (Å²) in [6.45, 7) is 4.08. The van der Waals surface area contributed by atoms with Crippen LogP contribution in [0.5, 0.6) is 0 Å². The standard InChI is InChI=1S/C14H16N2O3S2/c1-2-9-20-13-6-4-3-5-12(13)16-10-11-7-8-14(19-11)21(15,17)18/h2-8,16H,1,9-10H2,(H2,15,17,18). The van der Waals surface area contributed by atoms with Crippen molar-refractivity contribution < 1.29 is 12.8 Å². The summed E-state index contributed by atoms with van der Waals surface area (Å²) >= 11 is 1.66. The second-order valence-corrected chi connectivity index (χ2v) is 6.77. The molecule has 0 radical (unpaired) electrons. The monoisotopic (exact) mass is 324 g/mol. The normalized spacial score (nSPS) is 11.3. The Kier molecular flexibility index (Phi) is 5.11. The number of nitrogens with two attached hydrogens (primary N) is 1. The number of thioether (sulfide) groups is 1. The molecule has 0 fully saturated rings. The van der Waals surface area contributed by atoms with E-state index in [1.165, 1.54) is 6.07 Å². The van der Waals surface area contributed by atoms with Gasteiger partial charge in [-0.2, -0.15) is 0 Å². The van der Waals surface area contributed by atoms with Crippen molar-refractivity contribution in [2.24, 2.45) is 5.14 Å². The fourth-order valence-electron chi connectivity index (χ4n) is 1.68. The molecule has 2 rings (SSSR count). The van der Waals surface area contributed by atoms with Crippen molar-refractivity contribution in [3.8, 4) is 0 Å². The van der Waals surface area contributed by atoms with Crippen molar-refractivity contribution in [2.45, 2.75) is 16.5 Å². The molecule has 0 atom stereocenters. The van der Waals surface area contributed by atoms with Crippen LogP contribution in [0.2, 0.25) is 0 Å². The van der Waals surface area contributed by atoms with E-state index < -0.39 is 10.0 Å². The number of furan rings is 1. The van der Waals surface area contributed by atoms with Gasteiger partial charge < -0.3 is 9.73 Å². The molecular formula is C14H16N2O3S2. The highest BCUT2D eigenvalue weighted by Gasteiger charge is 2.13. The molecule has 1 heterocycles. The van der Waals surface area contributed by atoms with Gasteiger partial charge in [0.2, 0.25) is 5.09 Å². The second-order valence-electron chi connectivity index (χ2n) is 4.22. The fourth-order valence-corrected chi connectivity index (χ4v) is 2.92. The molecule has 112 valence electrons. The summed E-state index contributed by atoms with van der Waals surface area (Å²) in [4.78, 5) is 1.09. The van der Waals surface area contributed by atoms with Gasteiger partial charge in [-0.3, -0.25) is 0 Å². The van der Waals surface area contributed by atoms with Crippen LogP contribution >= 0.6 is 11.8 Å². The first-order chi connectivity index (χ1) is 10.0. The predicted molar refractivity (Wildman–Crippen MR) is 84.8 cm³/mol. The Balaban J connectivity index is 2.06. The average molecular weight is 324 g/mol. The molecule has 3 N–H and O–H groups in total. The van der Waals surface area contributed by atoms with Crippen molar-refractivity contribution in [3.63, 3.8) is 0 Å². The minimum Gasteiger partial charge on any atom is -0.446 e. The molecule has 0 aliphatic heterocycles. The summed E-state index contributed by atoms with van der Waals surface area (Å²) in [5.74, 6) is 1.32. The van der Waals surface area contributed by atoms with Gasteiger partial charge in [-0.25, -0.2) is 13.6 Å². The minimum absolute atomic E-state index is 0.228. The Bertz CT molecular complexity index is 723. The van der Waals surface area contributed by atoms with E-state index in [1.54, 1.807) is 17.8 Å². The van der Waals surface area contributed by atoms with E-state index >= 15 is 0 Å². The van der Waals surface area contributed by atoms with Crippen LogP contribution in [0.4, 0.5) is 5.69 Å². The number of anilines is 1. The van der Waals surface area contributed by atoms with Crippen LogP contribution in [-0.2, 0) is 16.6 Å². The molecule has 0 spiro atoms. The molecule has 0 bridgehead atoms. The zero-order valence-electron chi connectivity index (χ0n) is 11.3. The largest absolute Gasteiger partial charge is 0.446 e. The molecule has 2 aromatic rings. The van der Waals surface area contributed by atoms with Gasteiger partial charge in [0, 0.05) is 16.3 Å². The third-order valence-corrected chi connectivity index (χ3v) is 4.46. The maximum Gasteiger partial charge on any atom is 0.271 e. The number of rotatable bonds is 7. The molecule has 0 amide bonds. The third kappa shape index (κ3) is 4.38. The van der Waals surface area contributed by atoms with Gasteiger partial charge in [-0.05, 0) is 24.3 Å². The van der Waals surface area contributed by atoms with Crippen molar-refractivity contribution in [2.75, 3.05) is 11.1 Å². The zero-order valence-corrected chi connectivity index (χ0v) is 12.9. The van der Waals surface area contributed by atoms with E-state index in [2.05, 4.69) is 11.9 Å². The Morgan fingerprint density at radius 1 is 1.29 bits per heavy atom. The Labute approximate surface area is 128 Å². The number of hydrogen-bond donors (Lipinski definition) is 2. The molecule has 0 unspecified atom stereocenters. The maximum absolute atomic E-state index is 11.1. The lowest BCUT2D eigenvalue weighted by atomic mass is 10.3. The van der Waals surface area contributed by atoms with E-state index in [4.69, 9.17) is 9.56 Å². The summed E-state index contributed by atoms with van der Waals surface area (Å²) in [5.41, 5.74) is 0.956. The molecule has 21 heavy (non-hydrogen) atoms. The Hall–Kier alpha value is -1.70. The lowest BCUT2D eigenvalue weighted by molar-refractivity contribution is 0.419. The van der Waals surface area contributed by atoms with Gasteiger partial charge in [0.15, 0.2) is 0 Å². The zero-order chi connectivity index (χ0) is 15.3. The molecule has 5 nitrogen and oxygen atoms in total. The predicted octanol–water partition coefficient (Wildman–Crippen LogP) is 2.82. The van der Waals surface area contributed by atoms with E-state index in [0.29, 0.717) is 12.3 Å². The first-order valence-electron chi connectivity index (χ1n) is 6.19. The van der Waals surface area contributed by atoms with E-state index in [1.807, 2.05) is 30.3 Å². The second kappa shape index (κ2) is 6.84. The number of para-hydroxylation sites is 1. The van der Waals surface area contributed by atoms with Crippen LogP contribution in [0.15, 0.2) is 63.5 Å². The van der Waals surface area contributed by atoms with Crippen LogP contribution in [0.3, 0.4) is 0 Å². The van der Waals surface area contributed by atoms with Crippen LogP contribution in [0.1, 0.15) is 5.76 Å². The highest BCUT2D eigenvalue weighted by Crippen LogP contribution is 2.27. The highest BCUT2D eigenvalue weighted by molar-refractivity contribution is 7.99. The van der Waals surface area contributed by atoms with Gasteiger partial charge in [0.25, 0.3) is 10.0 Å². The van der Waals surface area contributed by atoms with Gasteiger partial charge in [-0.15, -0.1) is 18.3 Å². The number of hydrogen-bond acceptors (Lipinski definition) is 5. The van der Waals surface area contributed by atoms with Crippen LogP contribution in [0, 0.1) is 0 Å². The maximum atomic E-state index is 11.1. The van der Waals surface area contributed by atoms with Gasteiger partial charge >= 0.3 is 0 Å². The van der Waals surface area contributed by atoms with Crippen molar-refractivity contribution >= 4 is 27.5 Å². The molecule has 1 aromatic carbocycles. The van der Waals surface area contributed by atoms with E-state index in [9.17, 15) is 8.42 Å². The molecular weight excluding hydrogens is 308 g/mol. The average Bonchev–Trinajstić information content (AvgIpc) is 2.92. The van der Waals surface area contributed by atoms with Crippen LogP contribution < -0.4 is 10.5 Å². The smallest absolute Gasteiger partial charge is 0.271 e. The number of sulfonamides is 1. The molecule has 0 saturated carbocycles. The quantitative estimate of drug-likeness (QED) is 0.604. The third-order valence-electron chi connectivity index (χ3n) is 2.61. The number of primary sulfonamides is 1. The number of nitrogens with one attached hydrogen (secondary N) is 1. The summed E-state index contributed by atoms with van der Waals surface area (Å²) in [6, 6.07) is 10.8. The highest BCUT2D eigenvalue weighted by atomic mass is 32.2. The SMILES string of the molecule is C=CCSc1ccccc1NCc1ccc(S(N)(=O)=O)o1. The summed E-state index contributed by atoms with van der Waals surface area (Å²) in [6.07, 6.45) is 1.84. The topological polar surface area (TPSA) is 85.3 Å². The van der Waals surface area contributed by atoms with Crippen LogP contribution in [-0.4, -0.2) is 14.2 Å². The van der Waals surface area contributed by atoms with Crippen molar-refractivity contribution in [1.29, 1.82) is 0 Å². The Morgan fingerprint density at radius 3 is 2.71 bits per heavy atom. The van der Waals surface area contributed by atoms with Crippen molar-refractivity contribution in [1.82, 2.24) is 0 Å². The summed E-state index contributed by atoms with van der Waals surface area (Å²) in [7, 11) is -3.79. The first-order valence-corrected chi connectivity index (χ1v) is 8.72. The molecule has 0 aliphatic carbocycles. The van der Waals surface area contributed by atoms with Crippen molar-refractivity contribution in [3.05, 3.63) is 54.8 Å². The lowest BCUT2D eigenvalue weighted by Crippen LogP contribution is -2.10. The molecule has 1 aromatic heterocycles. The van der Waals surface area contributed by atoms with E-state index in [-0.39, 0.29) is 5.09 Å². The van der Waals surface area contributed by atoms with E-state index in [0.717, 1.165) is 16.3 Å². The summed E-state index contributed by atoms with van der Waals surface area (Å²) in [5, 5.41) is 7.99. The summed E-state index contributed by atoms with van der Waals surface area (Å²) < 4.78 is 27.5. The minimum atomic E-state index is -3.79. The number of benzene rings is 1. The molecule has 0 saturated heterocycles. The first kappa shape index (κ1) is 15.7.